The van der Waals surface area contributed by atoms with E-state index in [-0.39, 0.29) is 6.04 Å². The molecule has 114 valence electrons. The molecule has 1 N–H and O–H groups in total. The molecule has 0 saturated heterocycles. The molecule has 2 aromatic rings. The van der Waals surface area contributed by atoms with Crippen LogP contribution >= 0.6 is 0 Å². The third-order valence-corrected chi connectivity index (χ3v) is 3.44. The minimum atomic E-state index is 0.116. The number of hydrogen-bond acceptors (Lipinski definition) is 6. The maximum Gasteiger partial charge on any atom is 0.167 e. The lowest BCUT2D eigenvalue weighted by molar-refractivity contribution is 0.354. The number of ether oxygens (including phenoxy) is 2. The average Bonchev–Trinajstić information content (AvgIpc) is 3.00. The third kappa shape index (κ3) is 3.49. The van der Waals surface area contributed by atoms with Crippen molar-refractivity contribution in [3.63, 3.8) is 0 Å². The van der Waals surface area contributed by atoms with E-state index in [1.165, 1.54) is 0 Å². The fourth-order valence-corrected chi connectivity index (χ4v) is 2.08. The summed E-state index contributed by atoms with van der Waals surface area (Å²) >= 11 is 0. The zero-order valence-corrected chi connectivity index (χ0v) is 12.8. The molecule has 0 fully saturated rings. The summed E-state index contributed by atoms with van der Waals surface area (Å²) in [5.74, 6) is 2.29. The van der Waals surface area contributed by atoms with Crippen LogP contribution in [0.3, 0.4) is 0 Å². The lowest BCUT2D eigenvalue weighted by Gasteiger charge is -2.11. The summed E-state index contributed by atoms with van der Waals surface area (Å²) < 4.78 is 12.4. The Bertz CT molecular complexity index is 584. The first-order valence-electron chi connectivity index (χ1n) is 6.83. The second-order valence-corrected chi connectivity index (χ2v) is 4.71. The smallest absolute Gasteiger partial charge is 0.167 e. The van der Waals surface area contributed by atoms with E-state index in [2.05, 4.69) is 20.8 Å². The molecule has 0 aliphatic heterocycles. The minimum Gasteiger partial charge on any atom is -0.493 e. The summed E-state index contributed by atoms with van der Waals surface area (Å²) in [6.45, 7) is 2.74. The third-order valence-electron chi connectivity index (χ3n) is 3.44. The van der Waals surface area contributed by atoms with Gasteiger partial charge in [0.25, 0.3) is 0 Å². The van der Waals surface area contributed by atoms with E-state index in [0.717, 1.165) is 29.3 Å². The van der Waals surface area contributed by atoms with Gasteiger partial charge in [0.1, 0.15) is 0 Å². The first kappa shape index (κ1) is 15.2. The number of aryl methyl sites for hydroxylation is 2. The molecule has 0 aliphatic carbocycles. The Morgan fingerprint density at radius 2 is 2.00 bits per heavy atom. The lowest BCUT2D eigenvalue weighted by atomic mass is 10.1. The molecule has 2 rings (SSSR count). The summed E-state index contributed by atoms with van der Waals surface area (Å²) in [7, 11) is 5.15. The summed E-state index contributed by atoms with van der Waals surface area (Å²) in [6.07, 6.45) is 0.814. The molecule has 0 saturated carbocycles. The van der Waals surface area contributed by atoms with Crippen molar-refractivity contribution in [1.29, 1.82) is 0 Å². The lowest BCUT2D eigenvalue weighted by Crippen LogP contribution is -2.19. The Morgan fingerprint density at radius 3 is 2.67 bits per heavy atom. The van der Waals surface area contributed by atoms with Crippen LogP contribution in [-0.4, -0.2) is 41.5 Å². The van der Waals surface area contributed by atoms with Crippen molar-refractivity contribution in [2.75, 3.05) is 21.3 Å². The summed E-state index contributed by atoms with van der Waals surface area (Å²) in [5.41, 5.74) is 1.14. The summed E-state index contributed by atoms with van der Waals surface area (Å²) in [6, 6.07) is 6.02. The van der Waals surface area contributed by atoms with Gasteiger partial charge >= 0.3 is 0 Å². The number of nitrogens with one attached hydrogen (secondary N) is 1. The van der Waals surface area contributed by atoms with Gasteiger partial charge in [-0.05, 0) is 48.5 Å². The molecule has 1 aromatic heterocycles. The molecule has 1 aromatic carbocycles. The Balaban J connectivity index is 2.08. The fourth-order valence-electron chi connectivity index (χ4n) is 2.08. The zero-order chi connectivity index (χ0) is 15.2. The summed E-state index contributed by atoms with van der Waals surface area (Å²) in [5, 5.41) is 15.0. The highest BCUT2D eigenvalue weighted by atomic mass is 16.5. The van der Waals surface area contributed by atoms with E-state index in [1.54, 1.807) is 14.2 Å². The maximum atomic E-state index is 5.31. The van der Waals surface area contributed by atoms with Crippen LogP contribution in [0.4, 0.5) is 0 Å². The number of benzene rings is 1. The van der Waals surface area contributed by atoms with E-state index in [9.17, 15) is 0 Å². The molecule has 0 amide bonds. The van der Waals surface area contributed by atoms with Crippen LogP contribution < -0.4 is 14.8 Å². The van der Waals surface area contributed by atoms with E-state index in [1.807, 2.05) is 36.9 Å². The van der Waals surface area contributed by atoms with Crippen molar-refractivity contribution < 1.29 is 9.47 Å². The van der Waals surface area contributed by atoms with E-state index in [0.29, 0.717) is 6.54 Å². The van der Waals surface area contributed by atoms with Gasteiger partial charge in [0.05, 0.1) is 20.3 Å². The van der Waals surface area contributed by atoms with Gasteiger partial charge in [-0.25, -0.2) is 4.68 Å². The number of methoxy groups -OCH3 is 2. The van der Waals surface area contributed by atoms with Gasteiger partial charge in [-0.15, -0.1) is 5.10 Å². The molecule has 0 spiro atoms. The zero-order valence-electron chi connectivity index (χ0n) is 12.8. The van der Waals surface area contributed by atoms with Crippen LogP contribution in [0.1, 0.15) is 24.4 Å². The van der Waals surface area contributed by atoms with Gasteiger partial charge in [0, 0.05) is 6.54 Å². The van der Waals surface area contributed by atoms with Crippen molar-refractivity contribution in [3.05, 3.63) is 29.6 Å². The van der Waals surface area contributed by atoms with Gasteiger partial charge in [-0.1, -0.05) is 6.07 Å². The Kier molecular flexibility index (Phi) is 5.10. The fraction of sp³-hybridized carbons (Fsp3) is 0.500. The normalized spacial score (nSPS) is 12.2. The molecule has 21 heavy (non-hydrogen) atoms. The molecule has 7 heteroatoms. The topological polar surface area (TPSA) is 74.1 Å². The van der Waals surface area contributed by atoms with Crippen LogP contribution in [0.2, 0.25) is 0 Å². The van der Waals surface area contributed by atoms with E-state index < -0.39 is 0 Å². The molecule has 0 aliphatic rings. The van der Waals surface area contributed by atoms with Crippen molar-refractivity contribution in [1.82, 2.24) is 25.5 Å². The quantitative estimate of drug-likeness (QED) is 0.826. The number of rotatable bonds is 7. The largest absolute Gasteiger partial charge is 0.493 e. The molecule has 0 radical (unpaired) electrons. The van der Waals surface area contributed by atoms with E-state index in [4.69, 9.17) is 9.47 Å². The van der Waals surface area contributed by atoms with Crippen LogP contribution in [0.5, 0.6) is 11.5 Å². The van der Waals surface area contributed by atoms with Crippen LogP contribution in [-0.2, 0) is 13.0 Å². The number of hydrogen-bond donors (Lipinski definition) is 1. The highest BCUT2D eigenvalue weighted by molar-refractivity contribution is 5.42. The average molecular weight is 291 g/mol. The van der Waals surface area contributed by atoms with Crippen molar-refractivity contribution in [3.8, 4) is 11.5 Å². The predicted molar refractivity (Wildman–Crippen MR) is 78.5 cm³/mol. The molecule has 7 nitrogen and oxygen atoms in total. The van der Waals surface area contributed by atoms with E-state index >= 15 is 0 Å². The molecular weight excluding hydrogens is 270 g/mol. The number of nitrogens with zero attached hydrogens (tertiary/aromatic N) is 4. The highest BCUT2D eigenvalue weighted by Gasteiger charge is 2.12. The first-order valence-corrected chi connectivity index (χ1v) is 6.83. The highest BCUT2D eigenvalue weighted by Crippen LogP contribution is 2.27. The van der Waals surface area contributed by atoms with Crippen molar-refractivity contribution in [2.24, 2.45) is 0 Å². The van der Waals surface area contributed by atoms with Crippen molar-refractivity contribution in [2.45, 2.75) is 25.9 Å². The number of aromatic nitrogens is 4. The standard InChI is InChI=1S/C14H21N5O2/c1-10(15-2)14-16-17-18-19(14)8-7-11-5-6-12(20-3)13(9-11)21-4/h5-6,9-10,15H,7-8H2,1-4H3. The Hall–Kier alpha value is -2.15. The van der Waals surface area contributed by atoms with Gasteiger partial charge in [0.2, 0.25) is 0 Å². The molecule has 1 unspecified atom stereocenters. The second kappa shape index (κ2) is 7.03. The van der Waals surface area contributed by atoms with Crippen LogP contribution in [0.15, 0.2) is 18.2 Å². The molecular formula is C14H21N5O2. The van der Waals surface area contributed by atoms with Gasteiger partial charge in [-0.3, -0.25) is 0 Å². The van der Waals surface area contributed by atoms with Crippen molar-refractivity contribution >= 4 is 0 Å². The van der Waals surface area contributed by atoms with Gasteiger partial charge in [0.15, 0.2) is 17.3 Å². The Morgan fingerprint density at radius 1 is 1.24 bits per heavy atom. The second-order valence-electron chi connectivity index (χ2n) is 4.71. The molecule has 0 bridgehead atoms. The summed E-state index contributed by atoms with van der Waals surface area (Å²) in [4.78, 5) is 0. The van der Waals surface area contributed by atoms with Crippen LogP contribution in [0, 0.1) is 0 Å². The Labute approximate surface area is 124 Å². The monoisotopic (exact) mass is 291 g/mol. The first-order chi connectivity index (χ1) is 10.2. The molecule has 1 atom stereocenters. The van der Waals surface area contributed by atoms with Crippen LogP contribution in [0.25, 0.3) is 0 Å². The molecule has 1 heterocycles. The SMILES string of the molecule is CNC(C)c1nnnn1CCc1ccc(OC)c(OC)c1. The predicted octanol–water partition coefficient (Wildman–Crippen LogP) is 1.21. The van der Waals surface area contributed by atoms with Gasteiger partial charge in [-0.2, -0.15) is 0 Å². The van der Waals surface area contributed by atoms with Gasteiger partial charge < -0.3 is 14.8 Å². The maximum absolute atomic E-state index is 5.31. The number of tetrazole rings is 1. The minimum absolute atomic E-state index is 0.116.